The first-order valence-electron chi connectivity index (χ1n) is 9.30. The summed E-state index contributed by atoms with van der Waals surface area (Å²) in [5.41, 5.74) is 12.6. The third kappa shape index (κ3) is 3.86. The number of alkyl halides is 3. The first-order chi connectivity index (χ1) is 14.7. The molecular formula is C19H19F3N6O3. The minimum Gasteiger partial charge on any atom is -0.438 e. The van der Waals surface area contributed by atoms with Crippen LogP contribution >= 0.6 is 0 Å². The molecule has 1 fully saturated rings. The number of piperidine rings is 1. The molecule has 1 aliphatic rings. The van der Waals surface area contributed by atoms with Crippen LogP contribution in [0.1, 0.15) is 10.4 Å². The Morgan fingerprint density at radius 2 is 2.06 bits per heavy atom. The van der Waals surface area contributed by atoms with Crippen molar-refractivity contribution >= 4 is 34.3 Å². The van der Waals surface area contributed by atoms with Gasteiger partial charge in [0, 0.05) is 31.5 Å². The molecule has 164 valence electrons. The number of pyridine rings is 2. The van der Waals surface area contributed by atoms with Crippen molar-refractivity contribution in [1.29, 1.82) is 0 Å². The van der Waals surface area contributed by atoms with Gasteiger partial charge in [0.2, 0.25) is 5.88 Å². The Morgan fingerprint density at radius 3 is 2.81 bits per heavy atom. The van der Waals surface area contributed by atoms with Crippen LogP contribution < -0.4 is 21.7 Å². The lowest BCUT2D eigenvalue weighted by Gasteiger charge is -2.42. The summed E-state index contributed by atoms with van der Waals surface area (Å²) in [5, 5.41) is 12.5. The fraction of sp³-hybridized carbons (Fsp3) is 0.316. The first-order valence-corrected chi connectivity index (χ1v) is 9.30. The molecule has 3 aromatic rings. The zero-order valence-electron chi connectivity index (χ0n) is 16.0. The van der Waals surface area contributed by atoms with Crippen molar-refractivity contribution in [2.24, 2.45) is 11.7 Å². The van der Waals surface area contributed by atoms with Gasteiger partial charge in [-0.1, -0.05) is 0 Å². The van der Waals surface area contributed by atoms with Gasteiger partial charge in [0.1, 0.15) is 11.1 Å². The zero-order chi connectivity index (χ0) is 22.3. The van der Waals surface area contributed by atoms with Crippen molar-refractivity contribution in [2.45, 2.75) is 18.3 Å². The summed E-state index contributed by atoms with van der Waals surface area (Å²) >= 11 is 0. The molecule has 3 atom stereocenters. The Hall–Kier alpha value is -3.38. The predicted molar refractivity (Wildman–Crippen MR) is 106 cm³/mol. The second kappa shape index (κ2) is 7.71. The Balaban J connectivity index is 1.65. The monoisotopic (exact) mass is 436 g/mol. The third-order valence-electron chi connectivity index (χ3n) is 5.21. The largest absolute Gasteiger partial charge is 0.438 e. The number of aromatic nitrogens is 2. The molecule has 0 aliphatic carbocycles. The number of furan rings is 1. The molecule has 0 bridgehead atoms. The molecule has 0 aromatic carbocycles. The normalized spacial score (nSPS) is 22.0. The molecule has 4 heterocycles. The summed E-state index contributed by atoms with van der Waals surface area (Å²) in [6, 6.07) is 3.55. The van der Waals surface area contributed by atoms with Crippen LogP contribution in [0.15, 0.2) is 41.2 Å². The molecule has 0 spiro atoms. The molecule has 9 nitrogen and oxygen atoms in total. The van der Waals surface area contributed by atoms with E-state index in [0.717, 1.165) is 0 Å². The highest BCUT2D eigenvalue weighted by Crippen LogP contribution is 2.37. The van der Waals surface area contributed by atoms with Gasteiger partial charge in [0.15, 0.2) is 5.58 Å². The second-order valence-electron chi connectivity index (χ2n) is 7.25. The molecule has 31 heavy (non-hydrogen) atoms. The van der Waals surface area contributed by atoms with E-state index in [0.29, 0.717) is 5.58 Å². The van der Waals surface area contributed by atoms with Gasteiger partial charge in [-0.2, -0.15) is 13.2 Å². The smallest absolute Gasteiger partial charge is 0.396 e. The number of fused-ring (bicyclic) bond motifs is 1. The molecule has 4 rings (SSSR count). The number of nitrogens with one attached hydrogen (secondary N) is 1. The molecule has 1 unspecified atom stereocenters. The van der Waals surface area contributed by atoms with Gasteiger partial charge >= 0.3 is 6.18 Å². The minimum atomic E-state index is -4.64. The van der Waals surface area contributed by atoms with Crippen molar-refractivity contribution in [3.8, 4) is 0 Å². The van der Waals surface area contributed by atoms with E-state index in [1.54, 1.807) is 12.1 Å². The quantitative estimate of drug-likeness (QED) is 0.486. The summed E-state index contributed by atoms with van der Waals surface area (Å²) in [4.78, 5) is 22.3. The zero-order valence-corrected chi connectivity index (χ0v) is 16.0. The van der Waals surface area contributed by atoms with Crippen molar-refractivity contribution in [3.05, 3.63) is 42.4 Å². The van der Waals surface area contributed by atoms with Crippen LogP contribution in [0.5, 0.6) is 0 Å². The molecule has 1 aliphatic heterocycles. The molecular weight excluding hydrogens is 417 g/mol. The van der Waals surface area contributed by atoms with Crippen LogP contribution in [-0.2, 0) is 0 Å². The number of anilines is 3. The number of carbonyl (C=O) groups is 1. The first kappa shape index (κ1) is 20.9. The van der Waals surface area contributed by atoms with Crippen LogP contribution in [0.2, 0.25) is 0 Å². The number of rotatable bonds is 3. The van der Waals surface area contributed by atoms with E-state index in [-0.39, 0.29) is 34.9 Å². The van der Waals surface area contributed by atoms with Gasteiger partial charge < -0.3 is 31.2 Å². The summed E-state index contributed by atoms with van der Waals surface area (Å²) in [6.45, 7) is -0.567. The van der Waals surface area contributed by atoms with Crippen LogP contribution in [-0.4, -0.2) is 52.4 Å². The molecule has 1 saturated heterocycles. The van der Waals surface area contributed by atoms with Crippen LogP contribution in [0.25, 0.3) is 11.1 Å². The maximum Gasteiger partial charge on any atom is 0.396 e. The minimum absolute atomic E-state index is 0.00402. The van der Waals surface area contributed by atoms with Crippen LogP contribution in [0.3, 0.4) is 0 Å². The average Bonchev–Trinajstić information content (AvgIpc) is 3.05. The third-order valence-corrected chi connectivity index (χ3v) is 5.21. The van der Waals surface area contributed by atoms with Crippen molar-refractivity contribution in [1.82, 2.24) is 9.97 Å². The Kier molecular flexibility index (Phi) is 5.19. The Bertz CT molecular complexity index is 1120. The number of nitrogen functional groups attached to an aromatic ring is 1. The number of hydrogen-bond acceptors (Lipinski definition) is 8. The van der Waals surface area contributed by atoms with Gasteiger partial charge in [0.05, 0.1) is 29.6 Å². The van der Waals surface area contributed by atoms with E-state index in [2.05, 4.69) is 15.3 Å². The lowest BCUT2D eigenvalue weighted by Crippen LogP contribution is -2.60. The van der Waals surface area contributed by atoms with Gasteiger partial charge in [-0.25, -0.2) is 0 Å². The number of aliphatic hydroxyl groups excluding tert-OH is 1. The summed E-state index contributed by atoms with van der Waals surface area (Å²) in [6.07, 6.45) is -2.20. The predicted octanol–water partition coefficient (Wildman–Crippen LogP) is 1.74. The lowest BCUT2D eigenvalue weighted by molar-refractivity contribution is -0.203. The highest BCUT2D eigenvalue weighted by Gasteiger charge is 2.50. The fourth-order valence-electron chi connectivity index (χ4n) is 3.68. The number of halogens is 3. The summed E-state index contributed by atoms with van der Waals surface area (Å²) in [5.74, 6) is -2.83. The van der Waals surface area contributed by atoms with E-state index in [1.807, 2.05) is 0 Å². The van der Waals surface area contributed by atoms with E-state index in [4.69, 9.17) is 15.9 Å². The van der Waals surface area contributed by atoms with Gasteiger partial charge in [0.25, 0.3) is 5.91 Å². The Labute approximate surface area is 173 Å². The average molecular weight is 436 g/mol. The van der Waals surface area contributed by atoms with Gasteiger partial charge in [-0.05, 0) is 18.2 Å². The van der Waals surface area contributed by atoms with E-state index in [1.165, 1.54) is 29.6 Å². The highest BCUT2D eigenvalue weighted by atomic mass is 19.4. The topological polar surface area (TPSA) is 144 Å². The van der Waals surface area contributed by atoms with Crippen molar-refractivity contribution in [3.63, 3.8) is 0 Å². The molecule has 0 radical (unpaired) electrons. The number of aliphatic hydroxyl groups is 1. The van der Waals surface area contributed by atoms with E-state index in [9.17, 15) is 23.1 Å². The maximum absolute atomic E-state index is 13.4. The molecule has 12 heteroatoms. The molecule has 6 N–H and O–H groups in total. The number of hydrogen-bond donors (Lipinski definition) is 4. The van der Waals surface area contributed by atoms with Gasteiger partial charge in [-0.3, -0.25) is 14.8 Å². The molecule has 3 aromatic heterocycles. The summed E-state index contributed by atoms with van der Waals surface area (Å²) < 4.78 is 45.5. The molecule has 0 saturated carbocycles. The molecule has 1 amide bonds. The lowest BCUT2D eigenvalue weighted by atomic mass is 9.90. The standard InChI is InChI=1S/C19H19F3N6O3/c20-19(21,22)9-7-28(8-10(23)16(9)29)12-3-5-25-6-11(12)27-18(30)14-15-13(31-17(14)24)2-1-4-26-15/h1-6,9-10,16,29H,7-8,23-24H2,(H,27,30)/t9?,10-,16-/m1/s1. The second-order valence-corrected chi connectivity index (χ2v) is 7.25. The number of amides is 1. The van der Waals surface area contributed by atoms with Crippen LogP contribution in [0, 0.1) is 5.92 Å². The summed E-state index contributed by atoms with van der Waals surface area (Å²) in [7, 11) is 0. The number of carbonyl (C=O) groups excluding carboxylic acids is 1. The van der Waals surface area contributed by atoms with Crippen LogP contribution in [0.4, 0.5) is 30.4 Å². The van der Waals surface area contributed by atoms with Gasteiger partial charge in [-0.15, -0.1) is 0 Å². The number of nitrogens with zero attached hydrogens (tertiary/aromatic N) is 3. The highest BCUT2D eigenvalue weighted by molar-refractivity contribution is 6.15. The number of nitrogens with two attached hydrogens (primary N) is 2. The van der Waals surface area contributed by atoms with E-state index >= 15 is 0 Å². The fourth-order valence-corrected chi connectivity index (χ4v) is 3.68. The van der Waals surface area contributed by atoms with E-state index < -0.39 is 36.7 Å². The Morgan fingerprint density at radius 1 is 1.29 bits per heavy atom. The SMILES string of the molecule is Nc1oc2cccnc2c1C(=O)Nc1cnccc1N1CC(C(F)(F)F)[C@@H](O)[C@H](N)C1. The van der Waals surface area contributed by atoms with Crippen molar-refractivity contribution < 1.29 is 27.5 Å². The van der Waals surface area contributed by atoms with Crippen molar-refractivity contribution in [2.75, 3.05) is 29.0 Å². The maximum atomic E-state index is 13.4.